The van der Waals surface area contributed by atoms with Crippen molar-refractivity contribution >= 4 is 28.5 Å². The fourth-order valence-electron chi connectivity index (χ4n) is 4.98. The van der Waals surface area contributed by atoms with Crippen molar-refractivity contribution in [2.24, 2.45) is 0 Å². The van der Waals surface area contributed by atoms with E-state index in [4.69, 9.17) is 0 Å². The van der Waals surface area contributed by atoms with Crippen LogP contribution < -0.4 is 0 Å². The molecule has 1 aromatic carbocycles. The predicted octanol–water partition coefficient (Wildman–Crippen LogP) is 3.63. The molecule has 6 heteroatoms. The van der Waals surface area contributed by atoms with E-state index in [1.165, 1.54) is 6.42 Å². The van der Waals surface area contributed by atoms with Gasteiger partial charge in [-0.3, -0.25) is 14.4 Å². The molecule has 0 atom stereocenters. The summed E-state index contributed by atoms with van der Waals surface area (Å²) in [4.78, 5) is 42.7. The lowest BCUT2D eigenvalue weighted by Crippen LogP contribution is -2.44. The topological polar surface area (TPSA) is 62.6 Å². The van der Waals surface area contributed by atoms with Gasteiger partial charge in [0.05, 0.1) is 5.56 Å². The van der Waals surface area contributed by atoms with E-state index in [2.05, 4.69) is 0 Å². The molecule has 4 rings (SSSR count). The number of hydrogen-bond acceptors (Lipinski definition) is 3. The quantitative estimate of drug-likeness (QED) is 0.541. The highest BCUT2D eigenvalue weighted by Gasteiger charge is 2.31. The number of likely N-dealkylation sites (N-methyl/N-ethyl adjacent to an activating group) is 1. The van der Waals surface area contributed by atoms with Gasteiger partial charge >= 0.3 is 0 Å². The zero-order valence-electron chi connectivity index (χ0n) is 17.8. The molecule has 1 aliphatic heterocycles. The van der Waals surface area contributed by atoms with Crippen LogP contribution in [-0.2, 0) is 16.1 Å². The van der Waals surface area contributed by atoms with E-state index in [0.717, 1.165) is 62.5 Å². The molecule has 1 saturated carbocycles. The normalized spacial score (nSPS) is 17.4. The largest absolute Gasteiger partial charge is 0.341 e. The highest BCUT2D eigenvalue weighted by Crippen LogP contribution is 2.26. The first-order valence-corrected chi connectivity index (χ1v) is 11.3. The van der Waals surface area contributed by atoms with Crippen LogP contribution in [0, 0.1) is 0 Å². The summed E-state index contributed by atoms with van der Waals surface area (Å²) in [5.74, 6) is -0.819. The van der Waals surface area contributed by atoms with E-state index in [-0.39, 0.29) is 18.5 Å². The van der Waals surface area contributed by atoms with Crippen molar-refractivity contribution in [2.75, 3.05) is 19.6 Å². The summed E-state index contributed by atoms with van der Waals surface area (Å²) in [7, 11) is 0. The molecule has 0 spiro atoms. The minimum Gasteiger partial charge on any atom is -0.341 e. The number of nitrogens with zero attached hydrogens (tertiary/aromatic N) is 3. The summed E-state index contributed by atoms with van der Waals surface area (Å²) in [5.41, 5.74) is 1.22. The van der Waals surface area contributed by atoms with Crippen molar-refractivity contribution in [3.8, 4) is 0 Å². The smallest absolute Gasteiger partial charge is 0.295 e. The Kier molecular flexibility index (Phi) is 6.21. The third kappa shape index (κ3) is 4.00. The molecule has 2 aromatic rings. The second-order valence-corrected chi connectivity index (χ2v) is 8.49. The van der Waals surface area contributed by atoms with Crippen LogP contribution in [0.25, 0.3) is 10.9 Å². The highest BCUT2D eigenvalue weighted by atomic mass is 16.2. The van der Waals surface area contributed by atoms with Crippen LogP contribution in [0.5, 0.6) is 0 Å². The Morgan fingerprint density at radius 1 is 1.00 bits per heavy atom. The Morgan fingerprint density at radius 3 is 2.40 bits per heavy atom. The van der Waals surface area contributed by atoms with Gasteiger partial charge in [-0.15, -0.1) is 0 Å². The molecule has 0 N–H and O–H groups in total. The van der Waals surface area contributed by atoms with Gasteiger partial charge in [0.2, 0.25) is 5.91 Å². The number of carbonyl (C=O) groups is 3. The fourth-order valence-corrected chi connectivity index (χ4v) is 4.98. The molecule has 160 valence electrons. The van der Waals surface area contributed by atoms with E-state index in [1.807, 2.05) is 40.7 Å². The lowest BCUT2D eigenvalue weighted by Gasteiger charge is -2.33. The zero-order valence-corrected chi connectivity index (χ0v) is 17.8. The third-order valence-corrected chi connectivity index (χ3v) is 6.61. The number of para-hydroxylation sites is 1. The Labute approximate surface area is 177 Å². The van der Waals surface area contributed by atoms with Gasteiger partial charge in [0.1, 0.15) is 6.54 Å². The number of aromatic nitrogens is 1. The van der Waals surface area contributed by atoms with Crippen LogP contribution in [0.1, 0.15) is 62.2 Å². The predicted molar refractivity (Wildman–Crippen MR) is 116 cm³/mol. The summed E-state index contributed by atoms with van der Waals surface area (Å²) in [5, 5.41) is 0.741. The average Bonchev–Trinajstić information content (AvgIpc) is 3.43. The second-order valence-electron chi connectivity index (χ2n) is 8.49. The van der Waals surface area contributed by atoms with Crippen molar-refractivity contribution in [2.45, 2.75) is 64.5 Å². The standard InChI is InChI=1S/C24H31N3O3/c1-2-27(18-10-4-3-5-11-18)24(30)23(29)20-16-26(21-13-7-6-12-19(20)21)17-22(28)25-14-8-9-15-25/h6-7,12-13,16,18H,2-5,8-11,14-15,17H2,1H3. The van der Waals surface area contributed by atoms with Gasteiger partial charge in [0.15, 0.2) is 0 Å². The van der Waals surface area contributed by atoms with Crippen molar-refractivity contribution in [3.05, 3.63) is 36.0 Å². The molecule has 2 aliphatic rings. The highest BCUT2D eigenvalue weighted by molar-refractivity contribution is 6.45. The molecule has 30 heavy (non-hydrogen) atoms. The Bertz CT molecular complexity index is 936. The second kappa shape index (κ2) is 9.02. The molecule has 1 aliphatic carbocycles. The summed E-state index contributed by atoms with van der Waals surface area (Å²) >= 11 is 0. The molecular formula is C24H31N3O3. The molecule has 1 saturated heterocycles. The number of carbonyl (C=O) groups excluding carboxylic acids is 3. The van der Waals surface area contributed by atoms with Gasteiger partial charge in [-0.2, -0.15) is 0 Å². The number of fused-ring (bicyclic) bond motifs is 1. The summed E-state index contributed by atoms with van der Waals surface area (Å²) in [6.07, 6.45) is 9.16. The minimum absolute atomic E-state index is 0.0657. The number of hydrogen-bond donors (Lipinski definition) is 0. The number of likely N-dealkylation sites (tertiary alicyclic amines) is 1. The van der Waals surface area contributed by atoms with Crippen molar-refractivity contribution < 1.29 is 14.4 Å². The van der Waals surface area contributed by atoms with Crippen LogP contribution in [0.15, 0.2) is 30.5 Å². The van der Waals surface area contributed by atoms with Crippen LogP contribution in [0.2, 0.25) is 0 Å². The van der Waals surface area contributed by atoms with Gasteiger partial charge in [-0.25, -0.2) is 0 Å². The molecule has 6 nitrogen and oxygen atoms in total. The molecular weight excluding hydrogens is 378 g/mol. The Hall–Kier alpha value is -2.63. The number of amides is 2. The van der Waals surface area contributed by atoms with E-state index >= 15 is 0 Å². The van der Waals surface area contributed by atoms with E-state index in [0.29, 0.717) is 12.1 Å². The van der Waals surface area contributed by atoms with Gasteiger partial charge < -0.3 is 14.4 Å². The first-order valence-electron chi connectivity index (χ1n) is 11.3. The van der Waals surface area contributed by atoms with Crippen molar-refractivity contribution in [1.82, 2.24) is 14.4 Å². The lowest BCUT2D eigenvalue weighted by molar-refractivity contribution is -0.130. The molecule has 0 bridgehead atoms. The molecule has 2 heterocycles. The SMILES string of the molecule is CCN(C(=O)C(=O)c1cn(CC(=O)N2CCCC2)c2ccccc12)C1CCCCC1. The molecule has 2 amide bonds. The Morgan fingerprint density at radius 2 is 1.70 bits per heavy atom. The van der Waals surface area contributed by atoms with Gasteiger partial charge in [-0.05, 0) is 38.7 Å². The summed E-state index contributed by atoms with van der Waals surface area (Å²) in [6, 6.07) is 7.70. The first kappa shape index (κ1) is 20.6. The average molecular weight is 410 g/mol. The van der Waals surface area contributed by atoms with E-state index in [9.17, 15) is 14.4 Å². The summed E-state index contributed by atoms with van der Waals surface area (Å²) < 4.78 is 1.83. The number of benzene rings is 1. The maximum absolute atomic E-state index is 13.3. The molecule has 2 fully saturated rings. The van der Waals surface area contributed by atoms with Gasteiger partial charge in [0, 0.05) is 42.8 Å². The van der Waals surface area contributed by atoms with Crippen LogP contribution in [0.3, 0.4) is 0 Å². The van der Waals surface area contributed by atoms with Gasteiger partial charge in [0.25, 0.3) is 11.7 Å². The maximum atomic E-state index is 13.3. The molecule has 1 aromatic heterocycles. The monoisotopic (exact) mass is 409 g/mol. The fraction of sp³-hybridized carbons (Fsp3) is 0.542. The third-order valence-electron chi connectivity index (χ3n) is 6.61. The van der Waals surface area contributed by atoms with Crippen LogP contribution >= 0.6 is 0 Å². The van der Waals surface area contributed by atoms with Crippen molar-refractivity contribution in [3.63, 3.8) is 0 Å². The first-order chi connectivity index (χ1) is 14.6. The van der Waals surface area contributed by atoms with E-state index < -0.39 is 11.7 Å². The van der Waals surface area contributed by atoms with E-state index in [1.54, 1.807) is 11.1 Å². The minimum atomic E-state index is -0.467. The summed E-state index contributed by atoms with van der Waals surface area (Å²) in [6.45, 7) is 4.28. The van der Waals surface area contributed by atoms with Crippen LogP contribution in [0.4, 0.5) is 0 Å². The zero-order chi connectivity index (χ0) is 21.1. The van der Waals surface area contributed by atoms with Crippen molar-refractivity contribution in [1.29, 1.82) is 0 Å². The van der Waals surface area contributed by atoms with Crippen LogP contribution in [-0.4, -0.2) is 57.6 Å². The Balaban J connectivity index is 1.60. The van der Waals surface area contributed by atoms with Gasteiger partial charge in [-0.1, -0.05) is 37.5 Å². The molecule has 0 unspecified atom stereocenters. The number of rotatable bonds is 6. The maximum Gasteiger partial charge on any atom is 0.295 e. The lowest BCUT2D eigenvalue weighted by atomic mass is 9.93. The number of Topliss-reactive ketones (excluding diaryl/α,β-unsaturated/α-hetero) is 1. The molecule has 0 radical (unpaired) electrons. The number of ketones is 1.